The second-order valence-corrected chi connectivity index (χ2v) is 28.7. The number of carboxylic acid groups (broad SMARTS) is 2. The predicted octanol–water partition coefficient (Wildman–Crippen LogP) is -10.9. The Hall–Kier alpha value is -4.76. The average molecular weight is 1610 g/mol. The maximum atomic E-state index is 12.9. The number of urea groups is 1. The Bertz CT molecular complexity index is 3320. The number of unbranched alkanes of at least 4 members (excludes halogenated alkanes) is 1. The first kappa shape index (κ1) is 88.1. The molecule has 53 heteroatoms. The lowest BCUT2D eigenvalue weighted by Crippen LogP contribution is -2.71. The van der Waals surface area contributed by atoms with Crippen molar-refractivity contribution in [2.75, 3.05) is 91.5 Å². The van der Waals surface area contributed by atoms with E-state index in [2.05, 4.69) is 38.0 Å². The standard InChI is InChI=1S/C51H84N6O42S5/c1-22(58)54-31-33(62)38(98-103(78,79)80)25(19-89-101(72,73)74)91-47(31)94-42-35(64)37(66)50(97-44(42)46(69)70)93-40-32(55-23(2)59)48(92-26(20-90-102(75,76)77)39(40)99-104(81,82)83)95-41-34(63)36(65)49(96-43(41)45(67)68)88-12-9-53-29(61)7-10-84-13-15-86-17-18-87-16-14-85-11-8-52-28(60)6-4-3-5-27-30-24(21-100-27)56-51(71)57-30/h24-27,30-44,47-50,62-66H,3-21H2,1-2H3,(H,52,60)(H,53,61)(H,54,58)(H,55,59)(H,67,68)(H,69,70)(H2,56,57,71)(H,72,73,74)(H,75,76,77)(H,78,79,80)(H,81,82,83)/p-4/t24-,25+,26+,27-,30-,31+,32+,33+,34+,35+,36+,37+,38-,39-,40+,41-,42-,43-,44-,47-,48-,49+,50+/m0/s1. The summed E-state index contributed by atoms with van der Waals surface area (Å²) in [7, 11) is -23.8. The summed E-state index contributed by atoms with van der Waals surface area (Å²) >= 11 is 1.83. The van der Waals surface area contributed by atoms with Gasteiger partial charge in [-0.25, -0.2) is 48.1 Å². The molecule has 0 saturated carbocycles. The highest BCUT2D eigenvalue weighted by Gasteiger charge is 2.59. The molecule has 600 valence electrons. The van der Waals surface area contributed by atoms with Gasteiger partial charge in [-0.15, -0.1) is 0 Å². The Kier molecular flexibility index (Phi) is 34.4. The number of rotatable bonds is 44. The molecular weight excluding hydrogens is 1530 g/mol. The van der Waals surface area contributed by atoms with Gasteiger partial charge in [0.2, 0.25) is 65.2 Å². The number of fused-ring (bicyclic) bond motifs is 1. The van der Waals surface area contributed by atoms with Crippen LogP contribution in [-0.4, -0.2) is 361 Å². The molecule has 13 N–H and O–H groups in total. The molecule has 0 unspecified atom stereocenters. The van der Waals surface area contributed by atoms with E-state index in [1.54, 1.807) is 0 Å². The van der Waals surface area contributed by atoms with E-state index in [1.165, 1.54) is 0 Å². The molecule has 0 spiro atoms. The van der Waals surface area contributed by atoms with Gasteiger partial charge in [0, 0.05) is 50.8 Å². The number of aliphatic hydroxyl groups is 5. The number of thioether (sulfide) groups is 1. The number of carbonyl (C=O) groups excluding carboxylic acids is 5. The van der Waals surface area contributed by atoms with Crippen LogP contribution in [0.15, 0.2) is 0 Å². The van der Waals surface area contributed by atoms with Crippen molar-refractivity contribution in [3.63, 3.8) is 0 Å². The molecule has 0 aromatic carbocycles. The number of carbonyl (C=O) groups is 7. The Morgan fingerprint density at radius 1 is 0.510 bits per heavy atom. The number of hydrogen-bond donors (Lipinski definition) is 13. The van der Waals surface area contributed by atoms with Gasteiger partial charge in [-0.05, 0) is 12.8 Å². The number of carboxylic acids is 2. The molecule has 0 bridgehead atoms. The molecule has 6 fully saturated rings. The van der Waals surface area contributed by atoms with Gasteiger partial charge in [0.25, 0.3) is 0 Å². The molecule has 6 aliphatic heterocycles. The van der Waals surface area contributed by atoms with E-state index in [0.717, 1.165) is 31.9 Å². The largest absolute Gasteiger partial charge is 0.726 e. The summed E-state index contributed by atoms with van der Waals surface area (Å²) in [6.45, 7) is -1.07. The molecule has 6 heterocycles. The highest BCUT2D eigenvalue weighted by Crippen LogP contribution is 2.38. The van der Waals surface area contributed by atoms with E-state index in [0.29, 0.717) is 31.7 Å². The molecule has 6 rings (SSSR count). The van der Waals surface area contributed by atoms with E-state index in [-0.39, 0.29) is 83.2 Å². The Morgan fingerprint density at radius 2 is 0.962 bits per heavy atom. The monoisotopic (exact) mass is 1610 g/mol. The van der Waals surface area contributed by atoms with Crippen molar-refractivity contribution in [3.05, 3.63) is 0 Å². The quantitative estimate of drug-likeness (QED) is 0.0117. The maximum absolute atomic E-state index is 12.9. The fourth-order valence-corrected chi connectivity index (χ4v) is 14.3. The van der Waals surface area contributed by atoms with Crippen LogP contribution in [0.4, 0.5) is 4.79 Å². The number of aliphatic carboxylic acids is 2. The SMILES string of the molecule is CC(=O)N[C@H]1[C@H](O[C@H]2[C@H](O)[C@@H](O)[C@H](O[C@@H]3[C@@H](NC(C)=O)[C@H](O[C@H]4[C@H](O)[C@@H](O)[C@H](OCCNC(=O)CCOCCOCCOCCOCCNC(=O)CCCC[C@@H]5SC[C@@H]6NC(=O)N[C@@H]65)O[C@@H]4C(=O)O)O[C@H](COS(=O)(=O)[O-])[C@@H]3OS(=O)(=O)[O-])O[C@@H]2C(=O)O)O[C@H](COS(=O)(=O)[O-])[C@H](OS(=O)(=O)[O-])[C@@H]1O. The highest BCUT2D eigenvalue weighted by atomic mass is 32.3. The summed E-state index contributed by atoms with van der Waals surface area (Å²) in [5, 5.41) is 93.1. The van der Waals surface area contributed by atoms with Gasteiger partial charge in [0.05, 0.1) is 84.8 Å². The fourth-order valence-electron chi connectivity index (χ4n) is 11.2. The van der Waals surface area contributed by atoms with Gasteiger partial charge in [0.1, 0.15) is 85.3 Å². The third-order valence-corrected chi connectivity index (χ3v) is 18.9. The van der Waals surface area contributed by atoms with Gasteiger partial charge in [0.15, 0.2) is 37.4 Å². The van der Waals surface area contributed by atoms with Gasteiger partial charge in [-0.3, -0.25) is 35.9 Å². The van der Waals surface area contributed by atoms with Crippen LogP contribution in [-0.2, 0) is 144 Å². The van der Waals surface area contributed by atoms with Crippen LogP contribution in [0.2, 0.25) is 0 Å². The van der Waals surface area contributed by atoms with Crippen LogP contribution in [0.25, 0.3) is 0 Å². The van der Waals surface area contributed by atoms with Gasteiger partial charge < -0.3 is 143 Å². The lowest BCUT2D eigenvalue weighted by molar-refractivity contribution is -0.367. The van der Waals surface area contributed by atoms with E-state index >= 15 is 0 Å². The van der Waals surface area contributed by atoms with E-state index < -0.39 is 214 Å². The van der Waals surface area contributed by atoms with E-state index in [1.807, 2.05) is 22.4 Å². The molecule has 6 saturated heterocycles. The zero-order valence-electron chi connectivity index (χ0n) is 54.7. The summed E-state index contributed by atoms with van der Waals surface area (Å²) in [6, 6.07) is -4.57. The molecular formula is C51H80N6O42S5-4. The van der Waals surface area contributed by atoms with E-state index in [9.17, 15) is 121 Å². The number of hydrogen-bond acceptors (Lipinski definition) is 41. The van der Waals surface area contributed by atoms with Crippen LogP contribution in [0.1, 0.15) is 46.0 Å². The van der Waals surface area contributed by atoms with E-state index in [4.69, 9.17) is 56.8 Å². The summed E-state index contributed by atoms with van der Waals surface area (Å²) in [5.41, 5.74) is 0. The van der Waals surface area contributed by atoms with Crippen molar-refractivity contribution in [3.8, 4) is 0 Å². The minimum Gasteiger partial charge on any atom is -0.726 e. The number of aliphatic hydroxyl groups excluding tert-OH is 5. The fraction of sp³-hybridized carbons (Fsp3) is 0.863. The molecule has 0 aromatic heterocycles. The zero-order chi connectivity index (χ0) is 77.0. The topological polar surface area (TPSA) is 710 Å². The molecule has 0 aliphatic carbocycles. The molecule has 6 amide bonds. The average Bonchev–Trinajstić information content (AvgIpc) is 0.871. The van der Waals surface area contributed by atoms with Crippen LogP contribution in [0.5, 0.6) is 0 Å². The normalized spacial score (nSPS) is 33.2. The number of nitrogens with one attached hydrogen (secondary N) is 6. The van der Waals surface area contributed by atoms with Crippen molar-refractivity contribution in [2.24, 2.45) is 0 Å². The summed E-state index contributed by atoms with van der Waals surface area (Å²) in [6.07, 6.45) is -44.3. The first-order chi connectivity index (χ1) is 48.7. The van der Waals surface area contributed by atoms with Gasteiger partial charge in [-0.2, -0.15) is 11.8 Å². The minimum absolute atomic E-state index is 0.0751. The van der Waals surface area contributed by atoms with Crippen LogP contribution >= 0.6 is 11.8 Å². The zero-order valence-corrected chi connectivity index (χ0v) is 58.8. The predicted molar refractivity (Wildman–Crippen MR) is 324 cm³/mol. The Morgan fingerprint density at radius 3 is 1.48 bits per heavy atom. The van der Waals surface area contributed by atoms with Crippen LogP contribution in [0, 0.1) is 0 Å². The second kappa shape index (κ2) is 40.6. The molecule has 0 aromatic rings. The third-order valence-electron chi connectivity index (χ3n) is 15.7. The molecule has 48 nitrogen and oxygen atoms in total. The molecule has 104 heavy (non-hydrogen) atoms. The third kappa shape index (κ3) is 28.3. The highest BCUT2D eigenvalue weighted by molar-refractivity contribution is 8.00. The van der Waals surface area contributed by atoms with Crippen molar-refractivity contribution < 1.29 is 195 Å². The summed E-state index contributed by atoms with van der Waals surface area (Å²) in [4.78, 5) is 87.3. The van der Waals surface area contributed by atoms with Crippen molar-refractivity contribution >= 4 is 95.0 Å². The molecule has 6 aliphatic rings. The maximum Gasteiger partial charge on any atom is 0.335 e. The first-order valence-corrected chi connectivity index (χ1v) is 37.7. The van der Waals surface area contributed by atoms with Gasteiger partial charge in [-0.1, -0.05) is 6.42 Å². The van der Waals surface area contributed by atoms with Crippen LogP contribution < -0.4 is 31.9 Å². The summed E-state index contributed by atoms with van der Waals surface area (Å²) in [5.74, 6) is -6.49. The number of amides is 6. The minimum atomic E-state index is -6.21. The number of ether oxygens (including phenoxy) is 12. The molecule has 23 atom stereocenters. The lowest BCUT2D eigenvalue weighted by atomic mass is 9.94. The lowest BCUT2D eigenvalue weighted by Gasteiger charge is -2.50. The molecule has 0 radical (unpaired) electrons. The van der Waals surface area contributed by atoms with Crippen molar-refractivity contribution in [1.29, 1.82) is 0 Å². The van der Waals surface area contributed by atoms with Crippen molar-refractivity contribution in [2.45, 2.75) is 186 Å². The van der Waals surface area contributed by atoms with Crippen molar-refractivity contribution in [1.82, 2.24) is 31.9 Å². The second-order valence-electron chi connectivity index (χ2n) is 23.3. The summed E-state index contributed by atoms with van der Waals surface area (Å²) < 4.78 is 224. The smallest absolute Gasteiger partial charge is 0.335 e. The Balaban J connectivity index is 1.00. The van der Waals surface area contributed by atoms with Gasteiger partial charge >= 0.3 is 18.0 Å². The Labute approximate surface area is 596 Å². The van der Waals surface area contributed by atoms with Crippen LogP contribution in [0.3, 0.4) is 0 Å². The first-order valence-electron chi connectivity index (χ1n) is 31.3.